The molecule has 2 fully saturated rings. The Bertz CT molecular complexity index is 456. The summed E-state index contributed by atoms with van der Waals surface area (Å²) < 4.78 is 0. The number of anilines is 1. The van der Waals surface area contributed by atoms with Gasteiger partial charge in [0.05, 0.1) is 5.69 Å². The van der Waals surface area contributed by atoms with E-state index in [9.17, 15) is 0 Å². The first-order valence-electron chi connectivity index (χ1n) is 7.73. The van der Waals surface area contributed by atoms with E-state index in [0.29, 0.717) is 12.0 Å². The van der Waals surface area contributed by atoms with Crippen LogP contribution in [0.3, 0.4) is 0 Å². The number of rotatable bonds is 5. The van der Waals surface area contributed by atoms with Gasteiger partial charge in [-0.2, -0.15) is 0 Å². The van der Waals surface area contributed by atoms with E-state index in [1.807, 2.05) is 6.20 Å². The van der Waals surface area contributed by atoms with Gasteiger partial charge in [-0.05, 0) is 45.0 Å². The Morgan fingerprint density at radius 3 is 2.80 bits per heavy atom. The minimum atomic E-state index is 0.649. The lowest BCUT2D eigenvalue weighted by Gasteiger charge is -2.23. The molecule has 3 rings (SSSR count). The molecule has 0 radical (unpaired) electrons. The fourth-order valence-electron chi connectivity index (χ4n) is 3.13. The molecule has 2 atom stereocenters. The van der Waals surface area contributed by atoms with Crippen LogP contribution in [0.2, 0.25) is 0 Å². The lowest BCUT2D eigenvalue weighted by Crippen LogP contribution is -2.34. The third-order valence-corrected chi connectivity index (χ3v) is 4.55. The minimum absolute atomic E-state index is 0.649. The van der Waals surface area contributed by atoms with Gasteiger partial charge in [0.15, 0.2) is 0 Å². The smallest absolute Gasteiger partial charge is 0.0562 e. The summed E-state index contributed by atoms with van der Waals surface area (Å²) in [5.74, 6) is 0.714. The first kappa shape index (κ1) is 13.8. The fraction of sp³-hybridized carbons (Fsp3) is 0.688. The van der Waals surface area contributed by atoms with Gasteiger partial charge in [0.25, 0.3) is 0 Å². The summed E-state index contributed by atoms with van der Waals surface area (Å²) in [4.78, 5) is 9.33. The molecule has 0 bridgehead atoms. The van der Waals surface area contributed by atoms with Crippen molar-refractivity contribution in [3.05, 3.63) is 24.0 Å². The van der Waals surface area contributed by atoms with Crippen LogP contribution in [0.5, 0.6) is 0 Å². The Balaban J connectivity index is 1.65. The molecule has 2 unspecified atom stereocenters. The zero-order chi connectivity index (χ0) is 14.1. The molecule has 0 aromatic carbocycles. The highest BCUT2D eigenvalue weighted by atomic mass is 15.2. The van der Waals surface area contributed by atoms with Crippen LogP contribution in [0.4, 0.5) is 5.69 Å². The maximum absolute atomic E-state index is 4.48. The summed E-state index contributed by atoms with van der Waals surface area (Å²) in [5.41, 5.74) is 2.49. The largest absolute Gasteiger partial charge is 0.370 e. The highest BCUT2D eigenvalue weighted by Crippen LogP contribution is 2.26. The average Bonchev–Trinajstić information content (AvgIpc) is 3.18. The molecule has 4 nitrogen and oxygen atoms in total. The van der Waals surface area contributed by atoms with Gasteiger partial charge >= 0.3 is 0 Å². The predicted molar refractivity (Wildman–Crippen MR) is 83.0 cm³/mol. The highest BCUT2D eigenvalue weighted by molar-refractivity contribution is 5.48. The van der Waals surface area contributed by atoms with E-state index in [-0.39, 0.29) is 0 Å². The van der Waals surface area contributed by atoms with E-state index in [1.165, 1.54) is 18.5 Å². The van der Waals surface area contributed by atoms with Crippen LogP contribution >= 0.6 is 0 Å². The maximum Gasteiger partial charge on any atom is 0.0562 e. The normalized spacial score (nSPS) is 26.5. The molecular weight excluding hydrogens is 248 g/mol. The summed E-state index contributed by atoms with van der Waals surface area (Å²) in [6.45, 7) is 5.51. The van der Waals surface area contributed by atoms with Crippen molar-refractivity contribution in [3.8, 4) is 0 Å². The van der Waals surface area contributed by atoms with Crippen molar-refractivity contribution in [2.75, 3.05) is 32.1 Å². The quantitative estimate of drug-likeness (QED) is 0.886. The second-order valence-electron chi connectivity index (χ2n) is 6.57. The number of hydrogen-bond acceptors (Lipinski definition) is 4. The second-order valence-corrected chi connectivity index (χ2v) is 6.57. The van der Waals surface area contributed by atoms with E-state index in [4.69, 9.17) is 0 Å². The van der Waals surface area contributed by atoms with Crippen molar-refractivity contribution in [1.82, 2.24) is 15.2 Å². The van der Waals surface area contributed by atoms with Crippen molar-refractivity contribution >= 4 is 5.69 Å². The van der Waals surface area contributed by atoms with Crippen LogP contribution in [-0.2, 0) is 6.54 Å². The molecule has 0 spiro atoms. The van der Waals surface area contributed by atoms with Crippen molar-refractivity contribution < 1.29 is 0 Å². The molecule has 1 saturated heterocycles. The molecule has 1 aliphatic heterocycles. The van der Waals surface area contributed by atoms with Crippen LogP contribution in [0.1, 0.15) is 25.5 Å². The van der Waals surface area contributed by atoms with Gasteiger partial charge in [-0.3, -0.25) is 4.98 Å². The van der Waals surface area contributed by atoms with Gasteiger partial charge in [-0.1, -0.05) is 6.92 Å². The van der Waals surface area contributed by atoms with Crippen molar-refractivity contribution in [1.29, 1.82) is 0 Å². The summed E-state index contributed by atoms with van der Waals surface area (Å²) in [6.07, 6.45) is 4.61. The third-order valence-electron chi connectivity index (χ3n) is 4.55. The van der Waals surface area contributed by atoms with Gasteiger partial charge in [0, 0.05) is 43.6 Å². The number of pyridine rings is 1. The van der Waals surface area contributed by atoms with Crippen LogP contribution < -0.4 is 10.2 Å². The standard InChI is InChI=1S/C16H26N4/c1-12-10-20(11-16(12)19(2)3)15-6-7-17-14(8-15)9-18-13-4-5-13/h6-8,12-13,16,18H,4-5,9-11H2,1-3H3. The second kappa shape index (κ2) is 5.70. The van der Waals surface area contributed by atoms with Gasteiger partial charge in [0.1, 0.15) is 0 Å². The van der Waals surface area contributed by atoms with Crippen LogP contribution in [0.25, 0.3) is 0 Å². The average molecular weight is 274 g/mol. The van der Waals surface area contributed by atoms with Crippen LogP contribution in [0.15, 0.2) is 18.3 Å². The van der Waals surface area contributed by atoms with Crippen LogP contribution in [0, 0.1) is 5.92 Å². The van der Waals surface area contributed by atoms with Gasteiger partial charge in [-0.15, -0.1) is 0 Å². The number of hydrogen-bond donors (Lipinski definition) is 1. The molecule has 20 heavy (non-hydrogen) atoms. The Labute approximate surface area is 122 Å². The molecule has 1 N–H and O–H groups in total. The molecule has 1 aliphatic carbocycles. The minimum Gasteiger partial charge on any atom is -0.370 e. The molecule has 110 valence electrons. The summed E-state index contributed by atoms with van der Waals surface area (Å²) >= 11 is 0. The van der Waals surface area contributed by atoms with Gasteiger partial charge < -0.3 is 15.1 Å². The maximum atomic E-state index is 4.48. The molecular formula is C16H26N4. The number of nitrogens with zero attached hydrogens (tertiary/aromatic N) is 3. The molecule has 4 heteroatoms. The molecule has 2 aliphatic rings. The number of aromatic nitrogens is 1. The predicted octanol–water partition coefficient (Wildman–Crippen LogP) is 1.72. The lowest BCUT2D eigenvalue weighted by molar-refractivity contribution is 0.266. The van der Waals surface area contributed by atoms with E-state index in [1.54, 1.807) is 0 Å². The molecule has 0 amide bonds. The zero-order valence-electron chi connectivity index (χ0n) is 12.8. The molecule has 1 saturated carbocycles. The third kappa shape index (κ3) is 3.13. The fourth-order valence-corrected chi connectivity index (χ4v) is 3.13. The summed E-state index contributed by atoms with van der Waals surface area (Å²) in [6, 6.07) is 5.78. The van der Waals surface area contributed by atoms with Gasteiger partial charge in [-0.25, -0.2) is 0 Å². The van der Waals surface area contributed by atoms with E-state index in [2.05, 4.69) is 53.3 Å². The summed E-state index contributed by atoms with van der Waals surface area (Å²) in [7, 11) is 4.37. The lowest BCUT2D eigenvalue weighted by atomic mass is 10.1. The number of likely N-dealkylation sites (N-methyl/N-ethyl adjacent to an activating group) is 1. The van der Waals surface area contributed by atoms with E-state index >= 15 is 0 Å². The summed E-state index contributed by atoms with van der Waals surface area (Å²) in [5, 5.41) is 3.54. The van der Waals surface area contributed by atoms with Crippen molar-refractivity contribution in [2.24, 2.45) is 5.92 Å². The van der Waals surface area contributed by atoms with Gasteiger partial charge in [0.2, 0.25) is 0 Å². The monoisotopic (exact) mass is 274 g/mol. The van der Waals surface area contributed by atoms with E-state index in [0.717, 1.165) is 31.4 Å². The van der Waals surface area contributed by atoms with Crippen molar-refractivity contribution in [3.63, 3.8) is 0 Å². The Hall–Kier alpha value is -1.13. The molecule has 2 heterocycles. The Morgan fingerprint density at radius 2 is 2.15 bits per heavy atom. The highest BCUT2D eigenvalue weighted by Gasteiger charge is 2.31. The van der Waals surface area contributed by atoms with Crippen LogP contribution in [-0.4, -0.2) is 49.2 Å². The first-order valence-corrected chi connectivity index (χ1v) is 7.73. The van der Waals surface area contributed by atoms with Crippen molar-refractivity contribution in [2.45, 2.75) is 38.4 Å². The number of nitrogens with one attached hydrogen (secondary N) is 1. The zero-order valence-corrected chi connectivity index (χ0v) is 12.8. The topological polar surface area (TPSA) is 31.4 Å². The molecule has 1 aromatic heterocycles. The Morgan fingerprint density at radius 1 is 1.35 bits per heavy atom. The van der Waals surface area contributed by atoms with E-state index < -0.39 is 0 Å². The first-order chi connectivity index (χ1) is 9.63. The molecule has 1 aromatic rings. The SMILES string of the molecule is CC1CN(c2ccnc(CNC3CC3)c2)CC1N(C)C. The Kier molecular flexibility index (Phi) is 3.94.